The van der Waals surface area contributed by atoms with Gasteiger partial charge < -0.3 is 19.9 Å². The fraction of sp³-hybridized carbons (Fsp3) is 0.538. The van der Waals surface area contributed by atoms with Gasteiger partial charge in [-0.3, -0.25) is 0 Å². The highest BCUT2D eigenvalue weighted by atomic mass is 16.7. The third-order valence-electron chi connectivity index (χ3n) is 2.58. The second-order valence-corrected chi connectivity index (χ2v) is 3.91. The van der Waals surface area contributed by atoms with Crippen molar-refractivity contribution in [3.63, 3.8) is 0 Å². The molecule has 0 aliphatic rings. The Kier molecular flexibility index (Phi) is 5.80. The van der Waals surface area contributed by atoms with Gasteiger partial charge in [-0.1, -0.05) is 13.0 Å². The lowest BCUT2D eigenvalue weighted by Crippen LogP contribution is -2.21. The van der Waals surface area contributed by atoms with Gasteiger partial charge in [0.25, 0.3) is 0 Å². The average Bonchev–Trinajstić information content (AvgIpc) is 2.36. The summed E-state index contributed by atoms with van der Waals surface area (Å²) in [5.41, 5.74) is 7.08. The monoisotopic (exact) mass is 239 g/mol. The first kappa shape index (κ1) is 13.8. The van der Waals surface area contributed by atoms with Crippen molar-refractivity contribution in [2.75, 3.05) is 21.0 Å². The lowest BCUT2D eigenvalue weighted by molar-refractivity contribution is 0.0491. The van der Waals surface area contributed by atoms with Gasteiger partial charge in [0.2, 0.25) is 0 Å². The molecule has 0 saturated heterocycles. The van der Waals surface area contributed by atoms with Crippen LogP contribution in [0.1, 0.15) is 18.9 Å². The Labute approximate surface area is 103 Å². The van der Waals surface area contributed by atoms with Crippen LogP contribution in [0.4, 0.5) is 0 Å². The molecule has 0 aliphatic carbocycles. The van der Waals surface area contributed by atoms with E-state index in [1.165, 1.54) is 0 Å². The molecule has 0 fully saturated rings. The Balaban J connectivity index is 2.77. The molecule has 2 N–H and O–H groups in total. The molecule has 0 spiro atoms. The Bertz CT molecular complexity index is 341. The molecule has 0 radical (unpaired) electrons. The summed E-state index contributed by atoms with van der Waals surface area (Å²) in [6, 6.07) is 6.03. The molecule has 4 nitrogen and oxygen atoms in total. The maximum absolute atomic E-state index is 5.92. The molecular formula is C13H21NO3. The van der Waals surface area contributed by atoms with Gasteiger partial charge in [0.05, 0.1) is 7.11 Å². The van der Waals surface area contributed by atoms with Crippen molar-refractivity contribution in [1.29, 1.82) is 0 Å². The lowest BCUT2D eigenvalue weighted by atomic mass is 10.0. The summed E-state index contributed by atoms with van der Waals surface area (Å²) in [6.45, 7) is 2.29. The predicted octanol–water partition coefficient (Wildman–Crippen LogP) is 1.96. The first-order valence-corrected chi connectivity index (χ1v) is 5.75. The highest BCUT2D eigenvalue weighted by molar-refractivity contribution is 5.43. The van der Waals surface area contributed by atoms with Crippen molar-refractivity contribution in [2.45, 2.75) is 25.8 Å². The summed E-state index contributed by atoms with van der Waals surface area (Å²) in [5, 5.41) is 0. The number of ether oxygens (including phenoxy) is 3. The van der Waals surface area contributed by atoms with Crippen molar-refractivity contribution >= 4 is 0 Å². The van der Waals surface area contributed by atoms with Crippen LogP contribution >= 0.6 is 0 Å². The van der Waals surface area contributed by atoms with Crippen LogP contribution in [0, 0.1) is 0 Å². The van der Waals surface area contributed by atoms with Crippen LogP contribution in [0.5, 0.6) is 11.5 Å². The normalized spacial score (nSPS) is 12.2. The third-order valence-corrected chi connectivity index (χ3v) is 2.58. The molecular weight excluding hydrogens is 218 g/mol. The summed E-state index contributed by atoms with van der Waals surface area (Å²) in [4.78, 5) is 0. The summed E-state index contributed by atoms with van der Waals surface area (Å²) in [6.07, 6.45) is 1.81. The quantitative estimate of drug-likeness (QED) is 0.739. The third kappa shape index (κ3) is 4.24. The maximum atomic E-state index is 5.92. The van der Waals surface area contributed by atoms with Gasteiger partial charge in [-0.2, -0.15) is 0 Å². The van der Waals surface area contributed by atoms with E-state index >= 15 is 0 Å². The number of benzene rings is 1. The molecule has 0 saturated carbocycles. The van der Waals surface area contributed by atoms with E-state index in [4.69, 9.17) is 19.9 Å². The summed E-state index contributed by atoms with van der Waals surface area (Å²) >= 11 is 0. The lowest BCUT2D eigenvalue weighted by Gasteiger charge is -2.13. The van der Waals surface area contributed by atoms with Crippen molar-refractivity contribution in [3.05, 3.63) is 23.8 Å². The van der Waals surface area contributed by atoms with Gasteiger partial charge in [0.1, 0.15) is 0 Å². The fourth-order valence-electron chi connectivity index (χ4n) is 1.53. The smallest absolute Gasteiger partial charge is 0.188 e. The summed E-state index contributed by atoms with van der Waals surface area (Å²) < 4.78 is 15.5. The Morgan fingerprint density at radius 2 is 2.00 bits per heavy atom. The zero-order chi connectivity index (χ0) is 12.7. The summed E-state index contributed by atoms with van der Waals surface area (Å²) in [7, 11) is 3.21. The van der Waals surface area contributed by atoms with E-state index < -0.39 is 0 Å². The van der Waals surface area contributed by atoms with E-state index in [1.54, 1.807) is 14.2 Å². The zero-order valence-corrected chi connectivity index (χ0v) is 10.7. The van der Waals surface area contributed by atoms with Gasteiger partial charge in [0, 0.05) is 13.2 Å². The average molecular weight is 239 g/mol. The topological polar surface area (TPSA) is 53.7 Å². The van der Waals surface area contributed by atoms with Crippen molar-refractivity contribution in [2.24, 2.45) is 5.73 Å². The van der Waals surface area contributed by atoms with E-state index in [0.717, 1.165) is 18.4 Å². The highest BCUT2D eigenvalue weighted by Gasteiger charge is 2.07. The molecule has 0 aromatic heterocycles. The van der Waals surface area contributed by atoms with Crippen molar-refractivity contribution in [1.82, 2.24) is 0 Å². The van der Waals surface area contributed by atoms with Crippen LogP contribution in [-0.2, 0) is 11.2 Å². The Hall–Kier alpha value is -1.26. The van der Waals surface area contributed by atoms with Crippen LogP contribution < -0.4 is 15.2 Å². The molecule has 4 heteroatoms. The van der Waals surface area contributed by atoms with Gasteiger partial charge in [0.15, 0.2) is 18.3 Å². The van der Waals surface area contributed by atoms with Gasteiger partial charge in [-0.25, -0.2) is 0 Å². The molecule has 0 aliphatic heterocycles. The fourth-order valence-corrected chi connectivity index (χ4v) is 1.53. The van der Waals surface area contributed by atoms with E-state index in [0.29, 0.717) is 11.5 Å². The minimum Gasteiger partial charge on any atom is -0.493 e. The van der Waals surface area contributed by atoms with Crippen molar-refractivity contribution in [3.8, 4) is 11.5 Å². The van der Waals surface area contributed by atoms with Crippen LogP contribution in [0.25, 0.3) is 0 Å². The maximum Gasteiger partial charge on any atom is 0.188 e. The van der Waals surface area contributed by atoms with Crippen LogP contribution in [-0.4, -0.2) is 27.1 Å². The molecule has 1 aromatic rings. The first-order valence-electron chi connectivity index (χ1n) is 5.75. The SMILES string of the molecule is CCC(N)Cc1ccc(OCOC)c(OC)c1. The van der Waals surface area contributed by atoms with Gasteiger partial charge in [-0.15, -0.1) is 0 Å². The van der Waals surface area contributed by atoms with Gasteiger partial charge >= 0.3 is 0 Å². The minimum absolute atomic E-state index is 0.186. The van der Waals surface area contributed by atoms with Crippen LogP contribution in [0.15, 0.2) is 18.2 Å². The molecule has 1 rings (SSSR count). The number of nitrogens with two attached hydrogens (primary N) is 1. The minimum atomic E-state index is 0.186. The largest absolute Gasteiger partial charge is 0.493 e. The second-order valence-electron chi connectivity index (χ2n) is 3.91. The van der Waals surface area contributed by atoms with E-state index in [9.17, 15) is 0 Å². The van der Waals surface area contributed by atoms with Crippen LogP contribution in [0.3, 0.4) is 0 Å². The molecule has 1 atom stereocenters. The highest BCUT2D eigenvalue weighted by Crippen LogP contribution is 2.28. The molecule has 96 valence electrons. The van der Waals surface area contributed by atoms with Crippen molar-refractivity contribution < 1.29 is 14.2 Å². The predicted molar refractivity (Wildman–Crippen MR) is 67.5 cm³/mol. The van der Waals surface area contributed by atoms with Gasteiger partial charge in [-0.05, 0) is 30.5 Å². The van der Waals surface area contributed by atoms with E-state index in [2.05, 4.69) is 6.92 Å². The molecule has 0 amide bonds. The number of hydrogen-bond acceptors (Lipinski definition) is 4. The zero-order valence-electron chi connectivity index (χ0n) is 10.7. The van der Waals surface area contributed by atoms with Crippen LogP contribution in [0.2, 0.25) is 0 Å². The second kappa shape index (κ2) is 7.14. The summed E-state index contributed by atoms with van der Waals surface area (Å²) in [5.74, 6) is 1.39. The molecule has 1 aromatic carbocycles. The Morgan fingerprint density at radius 3 is 2.59 bits per heavy atom. The molecule has 0 heterocycles. The number of rotatable bonds is 7. The van der Waals surface area contributed by atoms with E-state index in [1.807, 2.05) is 18.2 Å². The molecule has 1 unspecified atom stereocenters. The van der Waals surface area contributed by atoms with E-state index in [-0.39, 0.29) is 12.8 Å². The molecule has 0 bridgehead atoms. The number of methoxy groups -OCH3 is 2. The Morgan fingerprint density at radius 1 is 1.24 bits per heavy atom. The molecule has 17 heavy (non-hydrogen) atoms. The standard InChI is InChI=1S/C13H21NO3/c1-4-11(14)7-10-5-6-12(17-9-15-2)13(8-10)16-3/h5-6,8,11H,4,7,9,14H2,1-3H3. The first-order chi connectivity index (χ1) is 8.21. The number of hydrogen-bond donors (Lipinski definition) is 1.